The molecule has 0 fully saturated rings. The van der Waals surface area contributed by atoms with Crippen molar-refractivity contribution in [3.63, 3.8) is 0 Å². The van der Waals surface area contributed by atoms with E-state index < -0.39 is 26.6 Å². The number of nitrogens with zero attached hydrogens (tertiary/aromatic N) is 2. The first kappa shape index (κ1) is 17.1. The number of benzene rings is 2. The lowest BCUT2D eigenvalue weighted by atomic mass is 10.1. The first-order chi connectivity index (χ1) is 11.8. The van der Waals surface area contributed by atoms with Gasteiger partial charge in [-0.05, 0) is 36.2 Å². The Morgan fingerprint density at radius 2 is 1.88 bits per heavy atom. The van der Waals surface area contributed by atoms with Crippen LogP contribution in [0.2, 0.25) is 0 Å². The van der Waals surface area contributed by atoms with Gasteiger partial charge < -0.3 is 0 Å². The van der Waals surface area contributed by atoms with Gasteiger partial charge >= 0.3 is 0 Å². The van der Waals surface area contributed by atoms with Crippen LogP contribution in [0.3, 0.4) is 0 Å². The summed E-state index contributed by atoms with van der Waals surface area (Å²) in [7, 11) is -4.28. The molecule has 1 heterocycles. The minimum Gasteiger partial charge on any atom is -0.266 e. The van der Waals surface area contributed by atoms with Crippen molar-refractivity contribution < 1.29 is 17.2 Å². The van der Waals surface area contributed by atoms with Gasteiger partial charge in [0, 0.05) is 12.3 Å². The molecule has 0 aliphatic heterocycles. The van der Waals surface area contributed by atoms with Crippen molar-refractivity contribution in [2.45, 2.75) is 18.4 Å². The maximum absolute atomic E-state index is 13.7. The number of rotatable bonds is 5. The van der Waals surface area contributed by atoms with Crippen LogP contribution in [0.15, 0.2) is 59.6 Å². The second-order valence-corrected chi connectivity index (χ2v) is 7.16. The van der Waals surface area contributed by atoms with Gasteiger partial charge in [-0.3, -0.25) is 9.40 Å². The summed E-state index contributed by atoms with van der Waals surface area (Å²) >= 11 is 0. The quantitative estimate of drug-likeness (QED) is 0.756. The van der Waals surface area contributed by atoms with Crippen molar-refractivity contribution >= 4 is 15.8 Å². The fraction of sp³-hybridized carbons (Fsp3) is 0.118. The highest BCUT2D eigenvalue weighted by Crippen LogP contribution is 2.19. The largest absolute Gasteiger partial charge is 0.266 e. The van der Waals surface area contributed by atoms with Gasteiger partial charge in [0.2, 0.25) is 0 Å². The van der Waals surface area contributed by atoms with Crippen molar-refractivity contribution in [1.82, 2.24) is 9.78 Å². The molecule has 0 spiro atoms. The molecule has 0 aliphatic rings. The van der Waals surface area contributed by atoms with E-state index >= 15 is 0 Å². The molecule has 2 aromatic carbocycles. The van der Waals surface area contributed by atoms with Crippen LogP contribution in [0, 0.1) is 18.6 Å². The second-order valence-electron chi connectivity index (χ2n) is 5.51. The molecule has 0 atom stereocenters. The lowest BCUT2D eigenvalue weighted by Crippen LogP contribution is -2.15. The van der Waals surface area contributed by atoms with Crippen molar-refractivity contribution in [2.75, 3.05) is 4.72 Å². The molecule has 0 bridgehead atoms. The van der Waals surface area contributed by atoms with Gasteiger partial charge in [-0.2, -0.15) is 5.10 Å². The summed E-state index contributed by atoms with van der Waals surface area (Å²) in [4.78, 5) is -0.763. The minimum atomic E-state index is -4.28. The summed E-state index contributed by atoms with van der Waals surface area (Å²) < 4.78 is 55.1. The number of hydrogen-bond acceptors (Lipinski definition) is 3. The van der Waals surface area contributed by atoms with Crippen molar-refractivity contribution in [2.24, 2.45) is 0 Å². The summed E-state index contributed by atoms with van der Waals surface area (Å²) in [5.41, 5.74) is 2.12. The normalized spacial score (nSPS) is 11.5. The smallest absolute Gasteiger partial charge is 0.266 e. The Labute approximate surface area is 144 Å². The Hall–Kier alpha value is -2.74. The van der Waals surface area contributed by atoms with E-state index in [1.807, 2.05) is 31.2 Å². The molecular formula is C17H15F2N3O2S. The van der Waals surface area contributed by atoms with E-state index in [1.54, 1.807) is 10.9 Å². The third-order valence-corrected chi connectivity index (χ3v) is 5.03. The zero-order valence-corrected chi connectivity index (χ0v) is 14.1. The molecule has 25 heavy (non-hydrogen) atoms. The standard InChI is InChI=1S/C17H15F2N3O2S/c1-12-4-2-3-5-13(12)11-22-9-8-17(20-22)21-25(23,24)16-10-14(18)6-7-15(16)19/h2-10H,11H2,1H3,(H,20,21). The Balaban J connectivity index is 1.81. The lowest BCUT2D eigenvalue weighted by molar-refractivity contribution is 0.555. The highest BCUT2D eigenvalue weighted by atomic mass is 32.2. The van der Waals surface area contributed by atoms with Gasteiger partial charge in [-0.25, -0.2) is 17.2 Å². The molecular weight excluding hydrogens is 348 g/mol. The van der Waals surface area contributed by atoms with E-state index in [9.17, 15) is 17.2 Å². The predicted molar refractivity (Wildman–Crippen MR) is 89.7 cm³/mol. The number of anilines is 1. The minimum absolute atomic E-state index is 0.0252. The maximum atomic E-state index is 13.7. The van der Waals surface area contributed by atoms with Crippen LogP contribution >= 0.6 is 0 Å². The molecule has 1 aromatic heterocycles. The van der Waals surface area contributed by atoms with E-state index in [1.165, 1.54) is 6.07 Å². The maximum Gasteiger partial charge on any atom is 0.266 e. The lowest BCUT2D eigenvalue weighted by Gasteiger charge is -2.07. The van der Waals surface area contributed by atoms with E-state index in [0.29, 0.717) is 12.6 Å². The van der Waals surface area contributed by atoms with Crippen LogP contribution in [0.25, 0.3) is 0 Å². The molecule has 3 rings (SSSR count). The van der Waals surface area contributed by atoms with Crippen LogP contribution in [-0.2, 0) is 16.6 Å². The highest BCUT2D eigenvalue weighted by molar-refractivity contribution is 7.92. The van der Waals surface area contributed by atoms with Gasteiger partial charge in [0.15, 0.2) is 5.82 Å². The molecule has 5 nitrogen and oxygen atoms in total. The van der Waals surface area contributed by atoms with Gasteiger partial charge in [0.25, 0.3) is 10.0 Å². The van der Waals surface area contributed by atoms with Gasteiger partial charge in [-0.1, -0.05) is 24.3 Å². The molecule has 0 saturated carbocycles. The number of aromatic nitrogens is 2. The number of nitrogens with one attached hydrogen (secondary N) is 1. The zero-order chi connectivity index (χ0) is 18.0. The van der Waals surface area contributed by atoms with Crippen LogP contribution < -0.4 is 4.72 Å². The van der Waals surface area contributed by atoms with E-state index in [4.69, 9.17) is 0 Å². The Kier molecular flexibility index (Phi) is 4.54. The summed E-state index contributed by atoms with van der Waals surface area (Å²) in [5.74, 6) is -1.85. The Bertz CT molecular complexity index is 1020. The average molecular weight is 363 g/mol. The van der Waals surface area contributed by atoms with Crippen LogP contribution in [0.5, 0.6) is 0 Å². The molecule has 1 N–H and O–H groups in total. The molecule has 0 unspecified atom stereocenters. The Morgan fingerprint density at radius 3 is 2.64 bits per heavy atom. The topological polar surface area (TPSA) is 64.0 Å². The summed E-state index contributed by atoms with van der Waals surface area (Å²) in [6, 6.07) is 11.4. The van der Waals surface area contributed by atoms with Crippen molar-refractivity contribution in [1.29, 1.82) is 0 Å². The fourth-order valence-electron chi connectivity index (χ4n) is 2.34. The summed E-state index contributed by atoms with van der Waals surface area (Å²) in [6.45, 7) is 2.43. The fourth-order valence-corrected chi connectivity index (χ4v) is 3.43. The first-order valence-electron chi connectivity index (χ1n) is 7.41. The SMILES string of the molecule is Cc1ccccc1Cn1ccc(NS(=O)(=O)c2cc(F)ccc2F)n1. The van der Waals surface area contributed by atoms with Gasteiger partial charge in [0.05, 0.1) is 6.54 Å². The van der Waals surface area contributed by atoms with E-state index in [2.05, 4.69) is 9.82 Å². The number of hydrogen-bond donors (Lipinski definition) is 1. The third kappa shape index (κ3) is 3.85. The summed E-state index contributed by atoms with van der Waals surface area (Å²) in [6.07, 6.45) is 1.60. The molecule has 0 saturated heterocycles. The predicted octanol–water partition coefficient (Wildman–Crippen LogP) is 3.32. The Morgan fingerprint density at radius 1 is 1.12 bits per heavy atom. The molecule has 130 valence electrons. The van der Waals surface area contributed by atoms with E-state index in [-0.39, 0.29) is 5.82 Å². The van der Waals surface area contributed by atoms with Crippen molar-refractivity contribution in [3.8, 4) is 0 Å². The number of halogens is 2. The van der Waals surface area contributed by atoms with Crippen LogP contribution in [0.1, 0.15) is 11.1 Å². The van der Waals surface area contributed by atoms with Gasteiger partial charge in [0.1, 0.15) is 16.5 Å². The third-order valence-electron chi connectivity index (χ3n) is 3.66. The molecule has 3 aromatic rings. The second kappa shape index (κ2) is 6.64. The monoisotopic (exact) mass is 363 g/mol. The zero-order valence-electron chi connectivity index (χ0n) is 13.3. The van der Waals surface area contributed by atoms with Crippen LogP contribution in [-0.4, -0.2) is 18.2 Å². The molecule has 0 amide bonds. The molecule has 8 heteroatoms. The molecule has 0 radical (unpaired) electrons. The highest BCUT2D eigenvalue weighted by Gasteiger charge is 2.21. The summed E-state index contributed by atoms with van der Waals surface area (Å²) in [5, 5.41) is 4.12. The molecule has 0 aliphatic carbocycles. The van der Waals surface area contributed by atoms with Crippen LogP contribution in [0.4, 0.5) is 14.6 Å². The van der Waals surface area contributed by atoms with E-state index in [0.717, 1.165) is 23.3 Å². The number of sulfonamides is 1. The van der Waals surface area contributed by atoms with Gasteiger partial charge in [-0.15, -0.1) is 0 Å². The number of aryl methyl sites for hydroxylation is 1. The first-order valence-corrected chi connectivity index (χ1v) is 8.89. The van der Waals surface area contributed by atoms with Crippen molar-refractivity contribution in [3.05, 3.63) is 77.5 Å². The average Bonchev–Trinajstić information content (AvgIpc) is 2.98.